The third-order valence-electron chi connectivity index (χ3n) is 2.73. The molecule has 1 aliphatic rings. The first-order chi connectivity index (χ1) is 8.70. The van der Waals surface area contributed by atoms with E-state index in [2.05, 4.69) is 4.98 Å². The number of amides is 1. The molecule has 1 fully saturated rings. The zero-order valence-corrected chi connectivity index (χ0v) is 11.3. The van der Waals surface area contributed by atoms with Crippen molar-refractivity contribution in [2.75, 3.05) is 19.0 Å². The number of nitrogens with zero attached hydrogens (tertiary/aromatic N) is 2. The monoisotopic (exact) mass is 288 g/mol. The summed E-state index contributed by atoms with van der Waals surface area (Å²) in [5.74, 6) is 1.07. The molecule has 6 heteroatoms. The Morgan fingerprint density at radius 2 is 2.33 bits per heavy atom. The molecule has 2 rings (SSSR count). The maximum atomic E-state index is 11.6. The van der Waals surface area contributed by atoms with Crippen LogP contribution in [0.4, 0.5) is 0 Å². The summed E-state index contributed by atoms with van der Waals surface area (Å²) in [6, 6.07) is 3.48. The van der Waals surface area contributed by atoms with Gasteiger partial charge in [0, 0.05) is 18.5 Å². The van der Waals surface area contributed by atoms with Gasteiger partial charge in [-0.15, -0.1) is 11.6 Å². The summed E-state index contributed by atoms with van der Waals surface area (Å²) in [5.41, 5.74) is 0. The summed E-state index contributed by atoms with van der Waals surface area (Å²) in [4.78, 5) is 17.4. The third kappa shape index (κ3) is 3.27. The molecule has 2 heterocycles. The SMILES string of the molecule is O=C(CCCCl)N1CC(Oc2ncccc2Cl)C1. The van der Waals surface area contributed by atoms with Gasteiger partial charge in [-0.2, -0.15) is 0 Å². The van der Waals surface area contributed by atoms with Gasteiger partial charge in [0.15, 0.2) is 0 Å². The highest BCUT2D eigenvalue weighted by atomic mass is 35.5. The molecule has 1 saturated heterocycles. The first-order valence-corrected chi connectivity index (χ1v) is 6.73. The fourth-order valence-electron chi connectivity index (χ4n) is 1.71. The fourth-order valence-corrected chi connectivity index (χ4v) is 2.01. The first kappa shape index (κ1) is 13.4. The molecule has 0 aromatic carbocycles. The summed E-state index contributed by atoms with van der Waals surface area (Å²) in [5, 5.41) is 0.490. The third-order valence-corrected chi connectivity index (χ3v) is 3.28. The van der Waals surface area contributed by atoms with Crippen LogP contribution in [-0.4, -0.2) is 40.9 Å². The van der Waals surface area contributed by atoms with E-state index in [4.69, 9.17) is 27.9 Å². The maximum absolute atomic E-state index is 11.6. The molecule has 0 aliphatic carbocycles. The van der Waals surface area contributed by atoms with Crippen molar-refractivity contribution in [1.29, 1.82) is 0 Å². The van der Waals surface area contributed by atoms with Crippen LogP contribution in [0.3, 0.4) is 0 Å². The van der Waals surface area contributed by atoms with Crippen LogP contribution in [0.5, 0.6) is 5.88 Å². The number of carbonyl (C=O) groups is 1. The highest BCUT2D eigenvalue weighted by molar-refractivity contribution is 6.31. The fraction of sp³-hybridized carbons (Fsp3) is 0.500. The van der Waals surface area contributed by atoms with Gasteiger partial charge < -0.3 is 9.64 Å². The van der Waals surface area contributed by atoms with E-state index in [0.717, 1.165) is 0 Å². The van der Waals surface area contributed by atoms with E-state index in [-0.39, 0.29) is 12.0 Å². The van der Waals surface area contributed by atoms with Crippen LogP contribution in [-0.2, 0) is 4.79 Å². The molecule has 1 aromatic rings. The predicted octanol–water partition coefficient (Wildman–Crippen LogP) is 2.34. The van der Waals surface area contributed by atoms with Crippen LogP contribution in [0.1, 0.15) is 12.8 Å². The lowest BCUT2D eigenvalue weighted by molar-refractivity contribution is -0.140. The van der Waals surface area contributed by atoms with Gasteiger partial charge >= 0.3 is 0 Å². The van der Waals surface area contributed by atoms with Gasteiger partial charge in [0.05, 0.1) is 13.1 Å². The zero-order valence-electron chi connectivity index (χ0n) is 9.81. The number of pyridine rings is 1. The van der Waals surface area contributed by atoms with E-state index in [1.54, 1.807) is 23.2 Å². The van der Waals surface area contributed by atoms with Crippen LogP contribution in [0.2, 0.25) is 5.02 Å². The topological polar surface area (TPSA) is 42.4 Å². The molecule has 0 N–H and O–H groups in total. The van der Waals surface area contributed by atoms with Crippen LogP contribution in [0.25, 0.3) is 0 Å². The zero-order chi connectivity index (χ0) is 13.0. The molecule has 18 heavy (non-hydrogen) atoms. The Morgan fingerprint density at radius 3 is 3.00 bits per heavy atom. The van der Waals surface area contributed by atoms with E-state index >= 15 is 0 Å². The summed E-state index contributed by atoms with van der Waals surface area (Å²) in [6.07, 6.45) is 2.83. The molecular weight excluding hydrogens is 275 g/mol. The van der Waals surface area contributed by atoms with E-state index in [1.165, 1.54) is 0 Å². The number of hydrogen-bond donors (Lipinski definition) is 0. The van der Waals surface area contributed by atoms with Gasteiger partial charge in [-0.3, -0.25) is 4.79 Å². The quantitative estimate of drug-likeness (QED) is 0.781. The highest BCUT2D eigenvalue weighted by Crippen LogP contribution is 2.24. The molecule has 0 bridgehead atoms. The second-order valence-electron chi connectivity index (χ2n) is 4.12. The Hall–Kier alpha value is -1.00. The minimum absolute atomic E-state index is 0.0163. The number of aromatic nitrogens is 1. The summed E-state index contributed by atoms with van der Waals surface area (Å²) < 4.78 is 5.60. The number of ether oxygens (including phenoxy) is 1. The first-order valence-electron chi connectivity index (χ1n) is 5.81. The molecule has 0 spiro atoms. The van der Waals surface area contributed by atoms with Crippen LogP contribution in [0.15, 0.2) is 18.3 Å². The largest absolute Gasteiger partial charge is 0.470 e. The van der Waals surface area contributed by atoms with Crippen molar-refractivity contribution in [3.8, 4) is 5.88 Å². The smallest absolute Gasteiger partial charge is 0.232 e. The molecule has 1 aliphatic heterocycles. The van der Waals surface area contributed by atoms with E-state index in [0.29, 0.717) is 42.7 Å². The second-order valence-corrected chi connectivity index (χ2v) is 4.91. The minimum atomic E-state index is -0.0163. The molecule has 4 nitrogen and oxygen atoms in total. The number of halogens is 2. The lowest BCUT2D eigenvalue weighted by Gasteiger charge is -2.38. The van der Waals surface area contributed by atoms with Crippen LogP contribution >= 0.6 is 23.2 Å². The molecule has 0 unspecified atom stereocenters. The minimum Gasteiger partial charge on any atom is -0.470 e. The van der Waals surface area contributed by atoms with Crippen LogP contribution in [0, 0.1) is 0 Å². The molecule has 0 radical (unpaired) electrons. The van der Waals surface area contributed by atoms with Crippen molar-refractivity contribution >= 4 is 29.1 Å². The molecule has 98 valence electrons. The maximum Gasteiger partial charge on any atom is 0.232 e. The Labute approximate surface area is 116 Å². The van der Waals surface area contributed by atoms with Gasteiger partial charge in [0.25, 0.3) is 0 Å². The molecule has 1 amide bonds. The molecule has 0 atom stereocenters. The van der Waals surface area contributed by atoms with E-state index in [1.807, 2.05) is 0 Å². The lowest BCUT2D eigenvalue weighted by atomic mass is 10.1. The lowest BCUT2D eigenvalue weighted by Crippen LogP contribution is -2.56. The highest BCUT2D eigenvalue weighted by Gasteiger charge is 2.32. The van der Waals surface area contributed by atoms with Crippen molar-refractivity contribution in [1.82, 2.24) is 9.88 Å². The standard InChI is InChI=1S/C12H14Cl2N2O2/c13-5-1-4-11(17)16-7-9(8-16)18-12-10(14)3-2-6-15-12/h2-3,6,9H,1,4-5,7-8H2. The number of likely N-dealkylation sites (tertiary alicyclic amines) is 1. The molecule has 1 aromatic heterocycles. The van der Waals surface area contributed by atoms with Gasteiger partial charge in [-0.05, 0) is 18.6 Å². The molecule has 0 saturated carbocycles. The predicted molar refractivity (Wildman–Crippen MR) is 70.2 cm³/mol. The Morgan fingerprint density at radius 1 is 1.56 bits per heavy atom. The number of hydrogen-bond acceptors (Lipinski definition) is 3. The summed E-state index contributed by atoms with van der Waals surface area (Å²) >= 11 is 11.5. The Bertz CT molecular complexity index is 422. The van der Waals surface area contributed by atoms with Gasteiger partial charge in [-0.1, -0.05) is 11.6 Å². The molecular formula is C12H14Cl2N2O2. The number of carbonyl (C=O) groups excluding carboxylic acids is 1. The summed E-state index contributed by atoms with van der Waals surface area (Å²) in [7, 11) is 0. The van der Waals surface area contributed by atoms with Crippen molar-refractivity contribution in [3.63, 3.8) is 0 Å². The normalized spacial score (nSPS) is 15.3. The van der Waals surface area contributed by atoms with Gasteiger partial charge in [0.1, 0.15) is 11.1 Å². The van der Waals surface area contributed by atoms with E-state index < -0.39 is 0 Å². The van der Waals surface area contributed by atoms with Crippen molar-refractivity contribution in [3.05, 3.63) is 23.4 Å². The average molecular weight is 289 g/mol. The second kappa shape index (κ2) is 6.25. The Kier molecular flexibility index (Phi) is 4.66. The average Bonchev–Trinajstić information content (AvgIpc) is 2.32. The van der Waals surface area contributed by atoms with Crippen LogP contribution < -0.4 is 4.74 Å². The van der Waals surface area contributed by atoms with E-state index in [9.17, 15) is 4.79 Å². The van der Waals surface area contributed by atoms with Crippen molar-refractivity contribution in [2.24, 2.45) is 0 Å². The van der Waals surface area contributed by atoms with Crippen molar-refractivity contribution in [2.45, 2.75) is 18.9 Å². The number of rotatable bonds is 5. The summed E-state index contributed by atoms with van der Waals surface area (Å²) in [6.45, 7) is 1.18. The van der Waals surface area contributed by atoms with Crippen molar-refractivity contribution < 1.29 is 9.53 Å². The Balaban J connectivity index is 1.76. The van der Waals surface area contributed by atoms with Gasteiger partial charge in [0.2, 0.25) is 11.8 Å². The number of alkyl halides is 1. The van der Waals surface area contributed by atoms with Gasteiger partial charge in [-0.25, -0.2) is 4.98 Å².